The molecule has 1 atom stereocenters. The zero-order chi connectivity index (χ0) is 23.6. The summed E-state index contributed by atoms with van der Waals surface area (Å²) in [6.45, 7) is 4.68. The van der Waals surface area contributed by atoms with E-state index in [9.17, 15) is 13.2 Å². The summed E-state index contributed by atoms with van der Waals surface area (Å²) in [6.07, 6.45) is 4.68. The van der Waals surface area contributed by atoms with Gasteiger partial charge in [-0.2, -0.15) is 9.40 Å². The molecule has 0 unspecified atom stereocenters. The van der Waals surface area contributed by atoms with Crippen LogP contribution in [0.3, 0.4) is 0 Å². The van der Waals surface area contributed by atoms with Gasteiger partial charge in [0.05, 0.1) is 29.4 Å². The second-order valence-electron chi connectivity index (χ2n) is 8.63. The summed E-state index contributed by atoms with van der Waals surface area (Å²) >= 11 is 9.77. The number of halogens is 2. The van der Waals surface area contributed by atoms with Crippen molar-refractivity contribution in [2.24, 2.45) is 5.92 Å². The average molecular weight is 560 g/mol. The number of nitrogens with one attached hydrogen (secondary N) is 1. The molecule has 2 saturated heterocycles. The van der Waals surface area contributed by atoms with Crippen molar-refractivity contribution >= 4 is 43.2 Å². The fourth-order valence-electron chi connectivity index (χ4n) is 4.30. The fraction of sp³-hybridized carbons (Fsp3) is 0.545. The lowest BCUT2D eigenvalue weighted by Crippen LogP contribution is -2.41. The number of anilines is 1. The summed E-state index contributed by atoms with van der Waals surface area (Å²) in [7, 11) is -3.59. The van der Waals surface area contributed by atoms with Gasteiger partial charge in [-0.05, 0) is 62.3 Å². The van der Waals surface area contributed by atoms with Gasteiger partial charge in [0.2, 0.25) is 10.0 Å². The van der Waals surface area contributed by atoms with Crippen molar-refractivity contribution in [2.45, 2.75) is 43.5 Å². The van der Waals surface area contributed by atoms with Crippen molar-refractivity contribution in [3.63, 3.8) is 0 Å². The Morgan fingerprint density at radius 1 is 1.27 bits per heavy atom. The molecule has 1 N–H and O–H groups in total. The van der Waals surface area contributed by atoms with E-state index in [1.54, 1.807) is 24.4 Å². The minimum absolute atomic E-state index is 0.113. The molecule has 2 aliphatic rings. The van der Waals surface area contributed by atoms with Crippen LogP contribution < -0.4 is 10.9 Å². The number of nitrogens with zero attached hydrogens (tertiary/aromatic N) is 3. The van der Waals surface area contributed by atoms with E-state index in [1.165, 1.54) is 8.99 Å². The van der Waals surface area contributed by atoms with Crippen LogP contribution in [0, 0.1) is 12.8 Å². The van der Waals surface area contributed by atoms with E-state index in [1.807, 2.05) is 6.92 Å². The second-order valence-corrected chi connectivity index (χ2v) is 11.8. The number of piperidine rings is 1. The first-order chi connectivity index (χ1) is 15.8. The maximum Gasteiger partial charge on any atom is 0.287 e. The van der Waals surface area contributed by atoms with E-state index in [0.717, 1.165) is 29.5 Å². The summed E-state index contributed by atoms with van der Waals surface area (Å²) in [5.41, 5.74) is 1.03. The average Bonchev–Trinajstić information content (AvgIpc) is 2.82. The molecule has 1 aromatic carbocycles. The second kappa shape index (κ2) is 10.4. The highest BCUT2D eigenvalue weighted by molar-refractivity contribution is 9.10. The van der Waals surface area contributed by atoms with Crippen molar-refractivity contribution in [2.75, 3.05) is 38.2 Å². The quantitative estimate of drug-likeness (QED) is 0.578. The zero-order valence-electron chi connectivity index (χ0n) is 18.5. The highest BCUT2D eigenvalue weighted by Gasteiger charge is 2.31. The molecule has 0 saturated carbocycles. The van der Waals surface area contributed by atoms with E-state index in [2.05, 4.69) is 26.3 Å². The molecule has 33 heavy (non-hydrogen) atoms. The molecule has 0 spiro atoms. The lowest BCUT2D eigenvalue weighted by atomic mass is 10.0. The number of aryl methyl sites for hydroxylation is 1. The van der Waals surface area contributed by atoms with Crippen molar-refractivity contribution in [1.29, 1.82) is 0 Å². The molecule has 8 nitrogen and oxygen atoms in total. The number of ether oxygens (including phenoxy) is 1. The van der Waals surface area contributed by atoms with E-state index in [-0.39, 0.29) is 21.5 Å². The van der Waals surface area contributed by atoms with Crippen molar-refractivity contribution in [1.82, 2.24) is 14.1 Å². The SMILES string of the molecule is Cc1cc(S(=O)(=O)N2CCC(n3ncc(NC[C@@H]4CCCOC4)c(Cl)c3=O)CC2)ccc1Br. The third-order valence-electron chi connectivity index (χ3n) is 6.32. The Morgan fingerprint density at radius 2 is 2.03 bits per heavy atom. The molecule has 180 valence electrons. The number of benzene rings is 1. The smallest absolute Gasteiger partial charge is 0.287 e. The summed E-state index contributed by atoms with van der Waals surface area (Å²) in [4.78, 5) is 13.2. The topological polar surface area (TPSA) is 93.5 Å². The summed E-state index contributed by atoms with van der Waals surface area (Å²) < 4.78 is 35.3. The molecule has 0 bridgehead atoms. The van der Waals surface area contributed by atoms with Gasteiger partial charge in [0.25, 0.3) is 5.56 Å². The molecular formula is C22H28BrClN4O4S. The van der Waals surface area contributed by atoms with Crippen LogP contribution in [0.25, 0.3) is 0 Å². The fourth-order valence-corrected chi connectivity index (χ4v) is 6.31. The molecule has 0 aliphatic carbocycles. The van der Waals surface area contributed by atoms with Crippen LogP contribution in [0.1, 0.15) is 37.3 Å². The molecular weight excluding hydrogens is 532 g/mol. The van der Waals surface area contributed by atoms with Gasteiger partial charge < -0.3 is 10.1 Å². The van der Waals surface area contributed by atoms with Gasteiger partial charge in [-0.1, -0.05) is 27.5 Å². The largest absolute Gasteiger partial charge is 0.382 e. The van der Waals surface area contributed by atoms with E-state index in [0.29, 0.717) is 50.7 Å². The van der Waals surface area contributed by atoms with Gasteiger partial charge in [0, 0.05) is 30.7 Å². The van der Waals surface area contributed by atoms with E-state index >= 15 is 0 Å². The van der Waals surface area contributed by atoms with Gasteiger partial charge >= 0.3 is 0 Å². The normalized spacial score (nSPS) is 20.6. The first-order valence-electron chi connectivity index (χ1n) is 11.1. The Labute approximate surface area is 207 Å². The van der Waals surface area contributed by atoms with E-state index < -0.39 is 10.0 Å². The first kappa shape index (κ1) is 24.7. The zero-order valence-corrected chi connectivity index (χ0v) is 21.6. The number of hydrogen-bond acceptors (Lipinski definition) is 6. The Morgan fingerprint density at radius 3 is 2.70 bits per heavy atom. The van der Waals surface area contributed by atoms with Crippen LogP contribution in [0.5, 0.6) is 0 Å². The lowest BCUT2D eigenvalue weighted by Gasteiger charge is -2.31. The molecule has 2 aliphatic heterocycles. The highest BCUT2D eigenvalue weighted by atomic mass is 79.9. The monoisotopic (exact) mass is 558 g/mol. The Hall–Kier alpha value is -1.46. The van der Waals surface area contributed by atoms with Crippen LogP contribution in [-0.4, -0.2) is 55.4 Å². The Kier molecular flexibility index (Phi) is 7.80. The minimum Gasteiger partial charge on any atom is -0.382 e. The van der Waals surface area contributed by atoms with Crippen LogP contribution in [0.15, 0.2) is 38.6 Å². The molecule has 3 heterocycles. The molecule has 0 amide bonds. The van der Waals surface area contributed by atoms with Crippen LogP contribution in [-0.2, 0) is 14.8 Å². The number of rotatable bonds is 6. The summed E-state index contributed by atoms with van der Waals surface area (Å²) in [5, 5.41) is 7.69. The summed E-state index contributed by atoms with van der Waals surface area (Å²) in [5.74, 6) is 0.387. The maximum atomic E-state index is 13.1. The van der Waals surface area contributed by atoms with Gasteiger partial charge in [-0.15, -0.1) is 0 Å². The molecule has 0 radical (unpaired) electrons. The number of hydrogen-bond donors (Lipinski definition) is 1. The molecule has 1 aromatic heterocycles. The number of sulfonamides is 1. The van der Waals surface area contributed by atoms with Gasteiger partial charge in [-0.25, -0.2) is 13.1 Å². The Balaban J connectivity index is 1.41. The highest BCUT2D eigenvalue weighted by Crippen LogP contribution is 2.28. The van der Waals surface area contributed by atoms with Gasteiger partial charge in [0.1, 0.15) is 5.02 Å². The standard InChI is InChI=1S/C22H28BrClN4O4S/c1-15-11-18(4-5-19(15)23)33(30,31)27-8-6-17(7-9-27)28-22(29)21(24)20(13-26-28)25-12-16-3-2-10-32-14-16/h4-5,11,13,16-17,25H,2-3,6-10,12,14H2,1H3/t16-/m0/s1. The predicted octanol–water partition coefficient (Wildman–Crippen LogP) is 3.83. The molecule has 11 heteroatoms. The van der Waals surface area contributed by atoms with E-state index in [4.69, 9.17) is 16.3 Å². The summed E-state index contributed by atoms with van der Waals surface area (Å²) in [6, 6.07) is 4.82. The van der Waals surface area contributed by atoms with Crippen molar-refractivity contribution in [3.05, 3.63) is 49.8 Å². The Bertz CT molecular complexity index is 1160. The third-order valence-corrected chi connectivity index (χ3v) is 9.47. The predicted molar refractivity (Wildman–Crippen MR) is 131 cm³/mol. The van der Waals surface area contributed by atoms with Crippen LogP contribution in [0.4, 0.5) is 5.69 Å². The van der Waals surface area contributed by atoms with Crippen LogP contribution >= 0.6 is 27.5 Å². The minimum atomic E-state index is -3.59. The molecule has 4 rings (SSSR count). The third kappa shape index (κ3) is 5.45. The molecule has 2 fully saturated rings. The number of aromatic nitrogens is 2. The maximum absolute atomic E-state index is 13.1. The van der Waals surface area contributed by atoms with Crippen molar-refractivity contribution < 1.29 is 13.2 Å². The van der Waals surface area contributed by atoms with Gasteiger partial charge in [0.15, 0.2) is 0 Å². The molecule has 2 aromatic rings. The lowest BCUT2D eigenvalue weighted by molar-refractivity contribution is 0.0595. The van der Waals surface area contributed by atoms with Gasteiger partial charge in [-0.3, -0.25) is 4.79 Å². The van der Waals surface area contributed by atoms with Crippen LogP contribution in [0.2, 0.25) is 5.02 Å². The van der Waals surface area contributed by atoms with Crippen molar-refractivity contribution in [3.8, 4) is 0 Å². The first-order valence-corrected chi connectivity index (χ1v) is 13.7.